The van der Waals surface area contributed by atoms with E-state index in [0.717, 1.165) is 29.1 Å². The van der Waals surface area contributed by atoms with Gasteiger partial charge in [0, 0.05) is 0 Å². The van der Waals surface area contributed by atoms with Crippen molar-refractivity contribution in [1.82, 2.24) is 0 Å². The number of methoxy groups -OCH3 is 2. The number of fused-ring (bicyclic) bond motifs is 1. The SMILES string of the molecule is COc1cc2c(cc1OC)CC(CO)=C2. The Hall–Kier alpha value is -1.48. The van der Waals surface area contributed by atoms with Gasteiger partial charge in [-0.25, -0.2) is 0 Å². The summed E-state index contributed by atoms with van der Waals surface area (Å²) in [6.45, 7) is 0.110. The van der Waals surface area contributed by atoms with E-state index >= 15 is 0 Å². The Kier molecular flexibility index (Phi) is 2.64. The van der Waals surface area contributed by atoms with Gasteiger partial charge in [0.2, 0.25) is 0 Å². The van der Waals surface area contributed by atoms with Crippen LogP contribution in [0.4, 0.5) is 0 Å². The van der Waals surface area contributed by atoms with Crippen LogP contribution in [0.5, 0.6) is 11.5 Å². The molecule has 0 radical (unpaired) electrons. The molecule has 1 aliphatic rings. The third-order valence-electron chi connectivity index (χ3n) is 2.63. The lowest BCUT2D eigenvalue weighted by molar-refractivity contribution is 0.330. The van der Waals surface area contributed by atoms with Crippen LogP contribution in [0, 0.1) is 0 Å². The number of hydrogen-bond acceptors (Lipinski definition) is 3. The summed E-state index contributed by atoms with van der Waals surface area (Å²) in [7, 11) is 3.25. The minimum atomic E-state index is 0.110. The smallest absolute Gasteiger partial charge is 0.161 e. The molecule has 0 saturated carbocycles. The summed E-state index contributed by atoms with van der Waals surface area (Å²) in [5.41, 5.74) is 3.31. The fourth-order valence-electron chi connectivity index (χ4n) is 1.84. The van der Waals surface area contributed by atoms with Crippen molar-refractivity contribution >= 4 is 6.08 Å². The van der Waals surface area contributed by atoms with Crippen molar-refractivity contribution < 1.29 is 14.6 Å². The summed E-state index contributed by atoms with van der Waals surface area (Å²) >= 11 is 0. The average Bonchev–Trinajstić information content (AvgIpc) is 2.68. The Bertz CT molecular complexity index is 408. The minimum Gasteiger partial charge on any atom is -0.493 e. The highest BCUT2D eigenvalue weighted by molar-refractivity contribution is 5.67. The molecule has 3 nitrogen and oxygen atoms in total. The van der Waals surface area contributed by atoms with E-state index in [1.807, 2.05) is 18.2 Å². The van der Waals surface area contributed by atoms with E-state index in [1.54, 1.807) is 14.2 Å². The summed E-state index contributed by atoms with van der Waals surface area (Å²) in [6, 6.07) is 3.91. The molecule has 15 heavy (non-hydrogen) atoms. The first-order valence-corrected chi connectivity index (χ1v) is 4.83. The van der Waals surface area contributed by atoms with E-state index in [-0.39, 0.29) is 6.61 Å². The zero-order valence-corrected chi connectivity index (χ0v) is 8.91. The second-order valence-electron chi connectivity index (χ2n) is 3.54. The van der Waals surface area contributed by atoms with Crippen LogP contribution < -0.4 is 9.47 Å². The molecule has 1 N–H and O–H groups in total. The van der Waals surface area contributed by atoms with Gasteiger partial charge in [0.1, 0.15) is 0 Å². The van der Waals surface area contributed by atoms with E-state index in [9.17, 15) is 0 Å². The van der Waals surface area contributed by atoms with Crippen molar-refractivity contribution in [3.63, 3.8) is 0 Å². The molecule has 0 aromatic heterocycles. The van der Waals surface area contributed by atoms with Gasteiger partial charge in [0.05, 0.1) is 20.8 Å². The third-order valence-corrected chi connectivity index (χ3v) is 2.63. The molecule has 0 atom stereocenters. The topological polar surface area (TPSA) is 38.7 Å². The molecular formula is C12H14O3. The molecular weight excluding hydrogens is 192 g/mol. The van der Waals surface area contributed by atoms with Gasteiger partial charge in [-0.05, 0) is 35.3 Å². The molecule has 80 valence electrons. The van der Waals surface area contributed by atoms with Crippen LogP contribution in [0.2, 0.25) is 0 Å². The number of aliphatic hydroxyl groups is 1. The number of benzene rings is 1. The molecule has 1 aliphatic carbocycles. The Morgan fingerprint density at radius 2 is 1.87 bits per heavy atom. The molecule has 0 fully saturated rings. The second-order valence-corrected chi connectivity index (χ2v) is 3.54. The Labute approximate surface area is 88.9 Å². The molecule has 0 saturated heterocycles. The van der Waals surface area contributed by atoms with Crippen molar-refractivity contribution in [2.45, 2.75) is 6.42 Å². The summed E-state index contributed by atoms with van der Waals surface area (Å²) in [5, 5.41) is 9.06. The predicted molar refractivity (Wildman–Crippen MR) is 58.3 cm³/mol. The monoisotopic (exact) mass is 206 g/mol. The van der Waals surface area contributed by atoms with E-state index in [1.165, 1.54) is 5.56 Å². The normalized spacial score (nSPS) is 13.4. The fraction of sp³-hybridized carbons (Fsp3) is 0.333. The maximum Gasteiger partial charge on any atom is 0.161 e. The Balaban J connectivity index is 2.42. The number of hydrogen-bond donors (Lipinski definition) is 1. The minimum absolute atomic E-state index is 0.110. The van der Waals surface area contributed by atoms with Gasteiger partial charge in [-0.15, -0.1) is 0 Å². The first kappa shape index (κ1) is 10.1. The van der Waals surface area contributed by atoms with Gasteiger partial charge in [0.15, 0.2) is 11.5 Å². The zero-order valence-electron chi connectivity index (χ0n) is 8.91. The van der Waals surface area contributed by atoms with E-state index < -0.39 is 0 Å². The third kappa shape index (κ3) is 1.70. The van der Waals surface area contributed by atoms with Crippen molar-refractivity contribution in [2.24, 2.45) is 0 Å². The van der Waals surface area contributed by atoms with Crippen molar-refractivity contribution in [2.75, 3.05) is 20.8 Å². The summed E-state index contributed by atoms with van der Waals surface area (Å²) in [4.78, 5) is 0. The largest absolute Gasteiger partial charge is 0.493 e. The van der Waals surface area contributed by atoms with Crippen LogP contribution in [-0.2, 0) is 6.42 Å². The summed E-state index contributed by atoms with van der Waals surface area (Å²) in [5.74, 6) is 1.47. The first-order chi connectivity index (χ1) is 7.28. The molecule has 0 spiro atoms. The van der Waals surface area contributed by atoms with Crippen LogP contribution in [0.25, 0.3) is 6.08 Å². The molecule has 0 heterocycles. The lowest BCUT2D eigenvalue weighted by atomic mass is 10.1. The number of rotatable bonds is 3. The van der Waals surface area contributed by atoms with Gasteiger partial charge in [-0.1, -0.05) is 6.08 Å². The number of ether oxygens (including phenoxy) is 2. The highest BCUT2D eigenvalue weighted by Gasteiger charge is 2.16. The summed E-state index contributed by atoms with van der Waals surface area (Å²) < 4.78 is 10.4. The molecule has 2 rings (SSSR count). The Morgan fingerprint density at radius 1 is 1.20 bits per heavy atom. The van der Waals surface area contributed by atoms with Gasteiger partial charge in [-0.3, -0.25) is 0 Å². The maximum absolute atomic E-state index is 9.06. The Morgan fingerprint density at radius 3 is 2.47 bits per heavy atom. The fourth-order valence-corrected chi connectivity index (χ4v) is 1.84. The van der Waals surface area contributed by atoms with Crippen molar-refractivity contribution in [3.05, 3.63) is 28.8 Å². The lowest BCUT2D eigenvalue weighted by Gasteiger charge is -2.09. The molecule has 0 bridgehead atoms. The quantitative estimate of drug-likeness (QED) is 0.817. The van der Waals surface area contributed by atoms with Gasteiger partial charge in [-0.2, -0.15) is 0 Å². The molecule has 1 aromatic rings. The van der Waals surface area contributed by atoms with Crippen molar-refractivity contribution in [3.8, 4) is 11.5 Å². The van der Waals surface area contributed by atoms with Gasteiger partial charge >= 0.3 is 0 Å². The second kappa shape index (κ2) is 3.95. The molecule has 3 heteroatoms. The molecule has 0 aliphatic heterocycles. The average molecular weight is 206 g/mol. The number of aliphatic hydroxyl groups excluding tert-OH is 1. The van der Waals surface area contributed by atoms with E-state index in [0.29, 0.717) is 0 Å². The van der Waals surface area contributed by atoms with Crippen LogP contribution in [0.15, 0.2) is 17.7 Å². The van der Waals surface area contributed by atoms with Crippen LogP contribution in [0.1, 0.15) is 11.1 Å². The van der Waals surface area contributed by atoms with Crippen LogP contribution >= 0.6 is 0 Å². The molecule has 0 unspecified atom stereocenters. The summed E-state index contributed by atoms with van der Waals surface area (Å²) in [6.07, 6.45) is 2.80. The van der Waals surface area contributed by atoms with Crippen molar-refractivity contribution in [1.29, 1.82) is 0 Å². The predicted octanol–water partition coefficient (Wildman–Crippen LogP) is 1.64. The molecule has 1 aromatic carbocycles. The standard InChI is InChI=1S/C12H14O3/c1-14-11-5-9-3-8(7-13)4-10(9)6-12(11)15-2/h3,5-6,13H,4,7H2,1-2H3. The lowest BCUT2D eigenvalue weighted by Crippen LogP contribution is -1.94. The zero-order chi connectivity index (χ0) is 10.8. The molecule has 0 amide bonds. The first-order valence-electron chi connectivity index (χ1n) is 4.83. The van der Waals surface area contributed by atoms with E-state index in [4.69, 9.17) is 14.6 Å². The highest BCUT2D eigenvalue weighted by atomic mass is 16.5. The van der Waals surface area contributed by atoms with Gasteiger partial charge < -0.3 is 14.6 Å². The van der Waals surface area contributed by atoms with Crippen LogP contribution in [0.3, 0.4) is 0 Å². The van der Waals surface area contributed by atoms with Crippen LogP contribution in [-0.4, -0.2) is 25.9 Å². The van der Waals surface area contributed by atoms with Gasteiger partial charge in [0.25, 0.3) is 0 Å². The maximum atomic E-state index is 9.06. The highest BCUT2D eigenvalue weighted by Crippen LogP contribution is 2.35. The van der Waals surface area contributed by atoms with E-state index in [2.05, 4.69) is 0 Å².